The van der Waals surface area contributed by atoms with Gasteiger partial charge in [-0.1, -0.05) is 6.92 Å². The maximum absolute atomic E-state index is 13.6. The minimum Gasteiger partial charge on any atom is -0.352 e. The Morgan fingerprint density at radius 2 is 2.22 bits per heavy atom. The second kappa shape index (κ2) is 7.89. The first-order valence-electron chi connectivity index (χ1n) is 7.72. The highest BCUT2D eigenvalue weighted by atomic mass is 19.1. The lowest BCUT2D eigenvalue weighted by molar-refractivity contribution is -0.129. The van der Waals surface area contributed by atoms with Crippen molar-refractivity contribution in [2.24, 2.45) is 4.99 Å². The molecule has 0 saturated carbocycles. The summed E-state index contributed by atoms with van der Waals surface area (Å²) in [6.45, 7) is 3.33. The number of amides is 1. The summed E-state index contributed by atoms with van der Waals surface area (Å²) >= 11 is 0. The highest BCUT2D eigenvalue weighted by molar-refractivity contribution is 5.80. The van der Waals surface area contributed by atoms with Crippen molar-refractivity contribution in [1.82, 2.24) is 15.5 Å². The quantitative estimate of drug-likeness (QED) is 0.654. The van der Waals surface area contributed by atoms with Crippen molar-refractivity contribution >= 4 is 11.9 Å². The average molecular weight is 324 g/mol. The number of nitrogens with one attached hydrogen (secondary N) is 2. The molecule has 2 rings (SSSR count). The Bertz CT molecular complexity index is 591. The standard InChI is InChI=1S/C16H22F2N4O/c1-3-15(23)22-7-6-13(10-22)21-16(19-2)20-9-11-8-12(17)4-5-14(11)18/h4-5,8,13H,3,6-7,9-10H2,1-2H3,(H2,19,20,21). The van der Waals surface area contributed by atoms with E-state index < -0.39 is 11.6 Å². The Kier molecular flexibility index (Phi) is 5.90. The van der Waals surface area contributed by atoms with Crippen molar-refractivity contribution in [2.75, 3.05) is 20.1 Å². The van der Waals surface area contributed by atoms with Gasteiger partial charge in [0, 0.05) is 44.7 Å². The highest BCUT2D eigenvalue weighted by Crippen LogP contribution is 2.11. The fourth-order valence-corrected chi connectivity index (χ4v) is 2.57. The molecule has 1 amide bonds. The molecule has 126 valence electrons. The van der Waals surface area contributed by atoms with Crippen LogP contribution < -0.4 is 10.6 Å². The molecule has 1 unspecified atom stereocenters. The van der Waals surface area contributed by atoms with Crippen LogP contribution >= 0.6 is 0 Å². The van der Waals surface area contributed by atoms with Gasteiger partial charge in [0.1, 0.15) is 11.6 Å². The van der Waals surface area contributed by atoms with E-state index in [4.69, 9.17) is 0 Å². The van der Waals surface area contributed by atoms with Crippen molar-refractivity contribution in [3.05, 3.63) is 35.4 Å². The zero-order valence-corrected chi connectivity index (χ0v) is 13.4. The van der Waals surface area contributed by atoms with Gasteiger partial charge in [0.05, 0.1) is 0 Å². The van der Waals surface area contributed by atoms with E-state index in [1.165, 1.54) is 0 Å². The van der Waals surface area contributed by atoms with Crippen LogP contribution in [-0.2, 0) is 11.3 Å². The molecule has 0 spiro atoms. The number of likely N-dealkylation sites (tertiary alicyclic amines) is 1. The van der Waals surface area contributed by atoms with E-state index in [9.17, 15) is 13.6 Å². The van der Waals surface area contributed by atoms with Crippen molar-refractivity contribution in [2.45, 2.75) is 32.4 Å². The topological polar surface area (TPSA) is 56.7 Å². The number of guanidine groups is 1. The molecule has 0 bridgehead atoms. The number of carbonyl (C=O) groups excluding carboxylic acids is 1. The molecule has 2 N–H and O–H groups in total. The van der Waals surface area contributed by atoms with Gasteiger partial charge in [0.15, 0.2) is 5.96 Å². The molecule has 1 aliphatic heterocycles. The van der Waals surface area contributed by atoms with E-state index in [0.717, 1.165) is 31.2 Å². The zero-order chi connectivity index (χ0) is 16.8. The van der Waals surface area contributed by atoms with Crippen molar-refractivity contribution in [3.8, 4) is 0 Å². The number of hydrogen-bond donors (Lipinski definition) is 2. The molecule has 1 aliphatic rings. The van der Waals surface area contributed by atoms with Gasteiger partial charge in [-0.05, 0) is 24.6 Å². The molecule has 1 heterocycles. The summed E-state index contributed by atoms with van der Waals surface area (Å²) in [5, 5.41) is 6.18. The Morgan fingerprint density at radius 3 is 2.91 bits per heavy atom. The van der Waals surface area contributed by atoms with Gasteiger partial charge in [0.2, 0.25) is 5.91 Å². The first-order chi connectivity index (χ1) is 11.0. The molecule has 1 aromatic rings. The summed E-state index contributed by atoms with van der Waals surface area (Å²) in [4.78, 5) is 17.6. The number of carbonyl (C=O) groups is 1. The lowest BCUT2D eigenvalue weighted by Crippen LogP contribution is -2.44. The summed E-state index contributed by atoms with van der Waals surface area (Å²) in [5.41, 5.74) is 0.238. The summed E-state index contributed by atoms with van der Waals surface area (Å²) in [6.07, 6.45) is 1.33. The molecule has 5 nitrogen and oxygen atoms in total. The van der Waals surface area contributed by atoms with Crippen LogP contribution in [0, 0.1) is 11.6 Å². The third-order valence-electron chi connectivity index (χ3n) is 3.86. The maximum Gasteiger partial charge on any atom is 0.222 e. The molecular weight excluding hydrogens is 302 g/mol. The second-order valence-electron chi connectivity index (χ2n) is 5.48. The van der Waals surface area contributed by atoms with E-state index in [0.29, 0.717) is 18.9 Å². The van der Waals surface area contributed by atoms with Crippen LogP contribution in [0.1, 0.15) is 25.3 Å². The van der Waals surface area contributed by atoms with Crippen LogP contribution in [0.5, 0.6) is 0 Å². The van der Waals surface area contributed by atoms with Crippen molar-refractivity contribution < 1.29 is 13.6 Å². The fourth-order valence-electron chi connectivity index (χ4n) is 2.57. The highest BCUT2D eigenvalue weighted by Gasteiger charge is 2.25. The number of rotatable bonds is 4. The van der Waals surface area contributed by atoms with Gasteiger partial charge >= 0.3 is 0 Å². The zero-order valence-electron chi connectivity index (χ0n) is 13.4. The van der Waals surface area contributed by atoms with Crippen LogP contribution in [0.2, 0.25) is 0 Å². The maximum atomic E-state index is 13.6. The molecule has 1 aromatic carbocycles. The summed E-state index contributed by atoms with van der Waals surface area (Å²) in [6, 6.07) is 3.46. The lowest BCUT2D eigenvalue weighted by Gasteiger charge is -2.19. The number of benzene rings is 1. The predicted molar refractivity (Wildman–Crippen MR) is 85.0 cm³/mol. The van der Waals surface area contributed by atoms with Gasteiger partial charge in [-0.2, -0.15) is 0 Å². The number of nitrogens with zero attached hydrogens (tertiary/aromatic N) is 2. The van der Waals surface area contributed by atoms with Crippen LogP contribution in [0.15, 0.2) is 23.2 Å². The molecule has 1 fully saturated rings. The van der Waals surface area contributed by atoms with E-state index in [1.54, 1.807) is 7.05 Å². The van der Waals surface area contributed by atoms with E-state index >= 15 is 0 Å². The number of aliphatic imine (C=N–C) groups is 1. The largest absolute Gasteiger partial charge is 0.352 e. The normalized spacial score (nSPS) is 18.2. The average Bonchev–Trinajstić information content (AvgIpc) is 3.02. The Hall–Kier alpha value is -2.18. The third-order valence-corrected chi connectivity index (χ3v) is 3.86. The number of hydrogen-bond acceptors (Lipinski definition) is 2. The van der Waals surface area contributed by atoms with Crippen molar-refractivity contribution in [1.29, 1.82) is 0 Å². The summed E-state index contributed by atoms with van der Waals surface area (Å²) in [7, 11) is 1.61. The van der Waals surface area contributed by atoms with Crippen LogP contribution in [0.3, 0.4) is 0 Å². The van der Waals surface area contributed by atoms with Gasteiger partial charge in [-0.3, -0.25) is 9.79 Å². The lowest BCUT2D eigenvalue weighted by atomic mass is 10.2. The minimum atomic E-state index is -0.476. The van der Waals surface area contributed by atoms with E-state index in [1.807, 2.05) is 11.8 Å². The molecule has 0 aromatic heterocycles. The van der Waals surface area contributed by atoms with Gasteiger partial charge in [-0.15, -0.1) is 0 Å². The first kappa shape index (κ1) is 17.2. The molecule has 0 aliphatic carbocycles. The smallest absolute Gasteiger partial charge is 0.222 e. The SMILES string of the molecule is CCC(=O)N1CCC(NC(=NC)NCc2cc(F)ccc2F)C1. The van der Waals surface area contributed by atoms with Gasteiger partial charge in [0.25, 0.3) is 0 Å². The Morgan fingerprint density at radius 1 is 1.43 bits per heavy atom. The molecule has 7 heteroatoms. The second-order valence-corrected chi connectivity index (χ2v) is 5.48. The molecule has 23 heavy (non-hydrogen) atoms. The number of halogens is 2. The van der Waals surface area contributed by atoms with E-state index in [-0.39, 0.29) is 24.1 Å². The van der Waals surface area contributed by atoms with Crippen LogP contribution in [0.25, 0.3) is 0 Å². The van der Waals surface area contributed by atoms with Gasteiger partial charge in [-0.25, -0.2) is 8.78 Å². The molecule has 1 saturated heterocycles. The summed E-state index contributed by atoms with van der Waals surface area (Å²) in [5.74, 6) is -0.297. The molecule has 1 atom stereocenters. The summed E-state index contributed by atoms with van der Waals surface area (Å²) < 4.78 is 26.8. The first-order valence-corrected chi connectivity index (χ1v) is 7.72. The third kappa shape index (κ3) is 4.64. The van der Waals surface area contributed by atoms with E-state index in [2.05, 4.69) is 15.6 Å². The van der Waals surface area contributed by atoms with Crippen LogP contribution in [-0.4, -0.2) is 42.9 Å². The van der Waals surface area contributed by atoms with Crippen molar-refractivity contribution in [3.63, 3.8) is 0 Å². The fraction of sp³-hybridized carbons (Fsp3) is 0.500. The Labute approximate surface area is 134 Å². The minimum absolute atomic E-state index is 0.106. The monoisotopic (exact) mass is 324 g/mol. The Balaban J connectivity index is 1.87. The van der Waals surface area contributed by atoms with Gasteiger partial charge < -0.3 is 15.5 Å². The molecule has 0 radical (unpaired) electrons. The van der Waals surface area contributed by atoms with Crippen LogP contribution in [0.4, 0.5) is 8.78 Å². The predicted octanol–water partition coefficient (Wildman–Crippen LogP) is 1.64. The molecular formula is C16H22F2N4O.